The van der Waals surface area contributed by atoms with Crippen molar-refractivity contribution in [3.8, 4) is 5.88 Å². The molecule has 2 aromatic rings. The Labute approximate surface area is 115 Å². The third-order valence-electron chi connectivity index (χ3n) is 2.86. The Balaban J connectivity index is 1.99. The zero-order valence-electron chi connectivity index (χ0n) is 11.3. The zero-order chi connectivity index (χ0) is 14.5. The van der Waals surface area contributed by atoms with Crippen LogP contribution in [0.5, 0.6) is 5.88 Å². The van der Waals surface area contributed by atoms with Gasteiger partial charge in [-0.3, -0.25) is 0 Å². The minimum Gasteiger partial charge on any atom is -0.481 e. The quantitative estimate of drug-likeness (QED) is 0.914. The summed E-state index contributed by atoms with van der Waals surface area (Å²) in [7, 11) is 1.54. The zero-order valence-corrected chi connectivity index (χ0v) is 11.3. The molecular formula is C14H15F2N3O. The van der Waals surface area contributed by atoms with E-state index in [1.807, 2.05) is 6.92 Å². The minimum absolute atomic E-state index is 0.487. The topological polar surface area (TPSA) is 47.0 Å². The second-order valence-electron chi connectivity index (χ2n) is 4.31. The van der Waals surface area contributed by atoms with Crippen LogP contribution in [0.3, 0.4) is 0 Å². The largest absolute Gasteiger partial charge is 0.481 e. The van der Waals surface area contributed by atoms with E-state index in [1.165, 1.54) is 25.6 Å². The monoisotopic (exact) mass is 279 g/mol. The second kappa shape index (κ2) is 6.27. The summed E-state index contributed by atoms with van der Waals surface area (Å²) in [5, 5.41) is 3.10. The van der Waals surface area contributed by atoms with Gasteiger partial charge in [0, 0.05) is 12.6 Å². The van der Waals surface area contributed by atoms with E-state index in [0.29, 0.717) is 30.2 Å². The molecule has 1 aromatic heterocycles. The summed E-state index contributed by atoms with van der Waals surface area (Å²) < 4.78 is 31.2. The smallest absolute Gasteiger partial charge is 0.221 e. The normalized spacial score (nSPS) is 10.4. The van der Waals surface area contributed by atoms with Crippen LogP contribution in [-0.2, 0) is 6.42 Å². The Kier molecular flexibility index (Phi) is 4.45. The minimum atomic E-state index is -0.570. The molecule has 1 N–H and O–H groups in total. The average Bonchev–Trinajstić information content (AvgIpc) is 2.39. The predicted octanol–water partition coefficient (Wildman–Crippen LogP) is 2.73. The SMILES string of the molecule is COc1ncnc(NCCc2cc(F)cc(F)c2)c1C. The molecule has 0 aliphatic rings. The number of nitrogens with zero attached hydrogens (tertiary/aromatic N) is 2. The molecule has 0 saturated carbocycles. The van der Waals surface area contributed by atoms with Crippen molar-refractivity contribution in [3.63, 3.8) is 0 Å². The van der Waals surface area contributed by atoms with Crippen LogP contribution in [0, 0.1) is 18.6 Å². The summed E-state index contributed by atoms with van der Waals surface area (Å²) in [6.45, 7) is 2.34. The van der Waals surface area contributed by atoms with Gasteiger partial charge in [-0.2, -0.15) is 0 Å². The molecule has 0 saturated heterocycles. The molecule has 0 bridgehead atoms. The fourth-order valence-corrected chi connectivity index (χ4v) is 1.90. The van der Waals surface area contributed by atoms with Gasteiger partial charge in [0.25, 0.3) is 0 Å². The number of methoxy groups -OCH3 is 1. The first-order valence-electron chi connectivity index (χ1n) is 6.14. The Morgan fingerprint density at radius 3 is 2.50 bits per heavy atom. The Morgan fingerprint density at radius 2 is 1.85 bits per heavy atom. The van der Waals surface area contributed by atoms with E-state index in [4.69, 9.17) is 4.74 Å². The number of nitrogens with one attached hydrogen (secondary N) is 1. The van der Waals surface area contributed by atoms with Crippen molar-refractivity contribution in [1.29, 1.82) is 0 Å². The molecule has 2 rings (SSSR count). The Bertz CT molecular complexity index is 585. The van der Waals surface area contributed by atoms with Crippen LogP contribution in [0.25, 0.3) is 0 Å². The molecule has 0 unspecified atom stereocenters. The lowest BCUT2D eigenvalue weighted by atomic mass is 10.1. The van der Waals surface area contributed by atoms with Gasteiger partial charge >= 0.3 is 0 Å². The molecule has 4 nitrogen and oxygen atoms in total. The first-order valence-corrected chi connectivity index (χ1v) is 6.14. The van der Waals surface area contributed by atoms with Gasteiger partial charge in [0.05, 0.1) is 12.7 Å². The first kappa shape index (κ1) is 14.2. The maximum Gasteiger partial charge on any atom is 0.221 e. The van der Waals surface area contributed by atoms with E-state index < -0.39 is 11.6 Å². The molecular weight excluding hydrogens is 264 g/mol. The standard InChI is InChI=1S/C14H15F2N3O/c1-9-13(18-8-19-14(9)20-2)17-4-3-10-5-11(15)7-12(16)6-10/h5-8H,3-4H2,1-2H3,(H,17,18,19). The summed E-state index contributed by atoms with van der Waals surface area (Å²) in [5.74, 6) is 0.00722. The number of rotatable bonds is 5. The number of hydrogen-bond donors (Lipinski definition) is 1. The predicted molar refractivity (Wildman–Crippen MR) is 71.9 cm³/mol. The number of hydrogen-bond acceptors (Lipinski definition) is 4. The molecule has 1 heterocycles. The fourth-order valence-electron chi connectivity index (χ4n) is 1.90. The van der Waals surface area contributed by atoms with E-state index in [9.17, 15) is 8.78 Å². The summed E-state index contributed by atoms with van der Waals surface area (Å²) in [6.07, 6.45) is 1.89. The fraction of sp³-hybridized carbons (Fsp3) is 0.286. The summed E-state index contributed by atoms with van der Waals surface area (Å²) >= 11 is 0. The maximum atomic E-state index is 13.0. The van der Waals surface area contributed by atoms with Gasteiger partial charge in [-0.05, 0) is 31.0 Å². The van der Waals surface area contributed by atoms with Crippen LogP contribution in [0.15, 0.2) is 24.5 Å². The summed E-state index contributed by atoms with van der Waals surface area (Å²) in [4.78, 5) is 8.08. The maximum absolute atomic E-state index is 13.0. The van der Waals surface area contributed by atoms with Crippen molar-refractivity contribution >= 4 is 5.82 Å². The summed E-state index contributed by atoms with van der Waals surface area (Å²) in [5.41, 5.74) is 1.38. The third-order valence-corrected chi connectivity index (χ3v) is 2.86. The molecule has 6 heteroatoms. The molecule has 0 fully saturated rings. The molecule has 0 aliphatic heterocycles. The first-order chi connectivity index (χ1) is 9.60. The molecule has 0 radical (unpaired) electrons. The number of aromatic nitrogens is 2. The summed E-state index contributed by atoms with van der Waals surface area (Å²) in [6, 6.07) is 3.49. The van der Waals surface area contributed by atoms with Crippen molar-refractivity contribution in [1.82, 2.24) is 9.97 Å². The van der Waals surface area contributed by atoms with Gasteiger partial charge in [-0.25, -0.2) is 18.7 Å². The highest BCUT2D eigenvalue weighted by Crippen LogP contribution is 2.19. The van der Waals surface area contributed by atoms with Crippen LogP contribution in [0.4, 0.5) is 14.6 Å². The average molecular weight is 279 g/mol. The number of ether oxygens (including phenoxy) is 1. The molecule has 106 valence electrons. The van der Waals surface area contributed by atoms with E-state index in [-0.39, 0.29) is 0 Å². The molecule has 20 heavy (non-hydrogen) atoms. The molecule has 1 aromatic carbocycles. The van der Waals surface area contributed by atoms with Crippen LogP contribution in [-0.4, -0.2) is 23.6 Å². The van der Waals surface area contributed by atoms with Crippen molar-refractivity contribution < 1.29 is 13.5 Å². The van der Waals surface area contributed by atoms with E-state index in [1.54, 1.807) is 0 Å². The highest BCUT2D eigenvalue weighted by Gasteiger charge is 2.07. The lowest BCUT2D eigenvalue weighted by Crippen LogP contribution is -2.09. The number of benzene rings is 1. The van der Waals surface area contributed by atoms with Crippen LogP contribution in [0.2, 0.25) is 0 Å². The lowest BCUT2D eigenvalue weighted by Gasteiger charge is -2.10. The highest BCUT2D eigenvalue weighted by molar-refractivity contribution is 5.47. The number of anilines is 1. The van der Waals surface area contributed by atoms with Crippen LogP contribution in [0.1, 0.15) is 11.1 Å². The van der Waals surface area contributed by atoms with Crippen LogP contribution >= 0.6 is 0 Å². The molecule has 0 aliphatic carbocycles. The lowest BCUT2D eigenvalue weighted by molar-refractivity contribution is 0.393. The van der Waals surface area contributed by atoms with Gasteiger partial charge in [0.1, 0.15) is 23.8 Å². The van der Waals surface area contributed by atoms with Gasteiger partial charge in [0.2, 0.25) is 5.88 Å². The highest BCUT2D eigenvalue weighted by atomic mass is 19.1. The van der Waals surface area contributed by atoms with Gasteiger partial charge in [0.15, 0.2) is 0 Å². The van der Waals surface area contributed by atoms with Gasteiger partial charge in [-0.15, -0.1) is 0 Å². The van der Waals surface area contributed by atoms with Crippen molar-refractivity contribution in [2.45, 2.75) is 13.3 Å². The second-order valence-corrected chi connectivity index (χ2v) is 4.31. The van der Waals surface area contributed by atoms with Gasteiger partial charge in [-0.1, -0.05) is 0 Å². The molecule has 0 spiro atoms. The Morgan fingerprint density at radius 1 is 1.15 bits per heavy atom. The molecule has 0 atom stereocenters. The molecule has 0 amide bonds. The van der Waals surface area contributed by atoms with E-state index in [2.05, 4.69) is 15.3 Å². The van der Waals surface area contributed by atoms with Crippen molar-refractivity contribution in [2.75, 3.05) is 19.0 Å². The third kappa shape index (κ3) is 3.40. The van der Waals surface area contributed by atoms with Crippen molar-refractivity contribution in [3.05, 3.63) is 47.3 Å². The van der Waals surface area contributed by atoms with E-state index in [0.717, 1.165) is 11.6 Å². The van der Waals surface area contributed by atoms with Gasteiger partial charge < -0.3 is 10.1 Å². The van der Waals surface area contributed by atoms with Crippen molar-refractivity contribution in [2.24, 2.45) is 0 Å². The number of halogens is 2. The Hall–Kier alpha value is -2.24. The van der Waals surface area contributed by atoms with E-state index >= 15 is 0 Å². The van der Waals surface area contributed by atoms with Crippen LogP contribution < -0.4 is 10.1 Å².